The van der Waals surface area contributed by atoms with Crippen LogP contribution in [0.2, 0.25) is 0 Å². The molecule has 20 heavy (non-hydrogen) atoms. The van der Waals surface area contributed by atoms with Gasteiger partial charge in [-0.25, -0.2) is 19.7 Å². The predicted molar refractivity (Wildman–Crippen MR) is 71.8 cm³/mol. The number of nitrogens with zero attached hydrogens (tertiary/aromatic N) is 4. The van der Waals surface area contributed by atoms with Crippen LogP contribution in [-0.2, 0) is 11.3 Å². The molecule has 0 radical (unpaired) electrons. The average Bonchev–Trinajstić information content (AvgIpc) is 2.75. The molecule has 0 aliphatic carbocycles. The third-order valence-corrected chi connectivity index (χ3v) is 3.05. The summed E-state index contributed by atoms with van der Waals surface area (Å²) in [6, 6.07) is 10.8. The summed E-state index contributed by atoms with van der Waals surface area (Å²) in [4.78, 5) is 34.6. The zero-order valence-corrected chi connectivity index (χ0v) is 10.6. The summed E-state index contributed by atoms with van der Waals surface area (Å²) in [5.74, 6) is 0.0372. The van der Waals surface area contributed by atoms with E-state index in [2.05, 4.69) is 9.97 Å². The van der Waals surface area contributed by atoms with Crippen molar-refractivity contribution in [3.05, 3.63) is 54.5 Å². The second-order valence-corrected chi connectivity index (χ2v) is 4.42. The van der Waals surface area contributed by atoms with Crippen LogP contribution in [-0.4, -0.2) is 33.4 Å². The Labute approximate surface area is 115 Å². The molecule has 3 rings (SSSR count). The SMILES string of the molecule is O=C1CN(Cc2ccccc2)C(=O)N1c1ccncn1. The van der Waals surface area contributed by atoms with Gasteiger partial charge < -0.3 is 4.90 Å². The highest BCUT2D eigenvalue weighted by molar-refractivity contribution is 6.19. The molecular formula is C14H12N4O2. The quantitative estimate of drug-likeness (QED) is 0.790. The lowest BCUT2D eigenvalue weighted by atomic mass is 10.2. The van der Waals surface area contributed by atoms with E-state index in [0.29, 0.717) is 12.4 Å². The highest BCUT2D eigenvalue weighted by Gasteiger charge is 2.37. The molecule has 3 amide bonds. The largest absolute Gasteiger partial charge is 0.333 e. The third kappa shape index (κ3) is 2.23. The summed E-state index contributed by atoms with van der Waals surface area (Å²) in [6.07, 6.45) is 2.82. The van der Waals surface area contributed by atoms with Crippen molar-refractivity contribution in [1.29, 1.82) is 0 Å². The molecule has 0 saturated carbocycles. The van der Waals surface area contributed by atoms with E-state index in [1.54, 1.807) is 6.07 Å². The molecule has 2 heterocycles. The number of anilines is 1. The fourth-order valence-corrected chi connectivity index (χ4v) is 2.12. The standard InChI is InChI=1S/C14H12N4O2/c19-13-9-17(8-11-4-2-1-3-5-11)14(20)18(13)12-6-7-15-10-16-12/h1-7,10H,8-9H2. The molecule has 0 spiro atoms. The minimum absolute atomic E-state index is 0.0672. The van der Waals surface area contributed by atoms with Crippen molar-refractivity contribution in [2.24, 2.45) is 0 Å². The van der Waals surface area contributed by atoms with Crippen LogP contribution in [0.15, 0.2) is 48.9 Å². The van der Waals surface area contributed by atoms with Crippen LogP contribution in [0.1, 0.15) is 5.56 Å². The van der Waals surface area contributed by atoms with Gasteiger partial charge in [-0.3, -0.25) is 4.79 Å². The Kier molecular flexibility index (Phi) is 3.12. The second kappa shape index (κ2) is 5.08. The number of urea groups is 1. The zero-order valence-electron chi connectivity index (χ0n) is 10.6. The second-order valence-electron chi connectivity index (χ2n) is 4.42. The molecule has 1 aromatic carbocycles. The van der Waals surface area contributed by atoms with Crippen LogP contribution in [0.25, 0.3) is 0 Å². The molecule has 0 atom stereocenters. The number of carbonyl (C=O) groups is 2. The highest BCUT2D eigenvalue weighted by atomic mass is 16.2. The molecule has 6 nitrogen and oxygen atoms in total. The van der Waals surface area contributed by atoms with Crippen LogP contribution in [0, 0.1) is 0 Å². The van der Waals surface area contributed by atoms with Crippen LogP contribution < -0.4 is 4.90 Å². The topological polar surface area (TPSA) is 66.4 Å². The lowest BCUT2D eigenvalue weighted by Crippen LogP contribution is -2.33. The third-order valence-electron chi connectivity index (χ3n) is 3.05. The van der Waals surface area contributed by atoms with Crippen LogP contribution in [0.5, 0.6) is 0 Å². The minimum atomic E-state index is -0.349. The van der Waals surface area contributed by atoms with Gasteiger partial charge in [-0.15, -0.1) is 0 Å². The van der Waals surface area contributed by atoms with Crippen molar-refractivity contribution in [2.75, 3.05) is 11.4 Å². The van der Waals surface area contributed by atoms with Crippen LogP contribution >= 0.6 is 0 Å². The molecular weight excluding hydrogens is 256 g/mol. The molecule has 1 aromatic heterocycles. The summed E-state index contributed by atoms with van der Waals surface area (Å²) < 4.78 is 0. The van der Waals surface area contributed by atoms with E-state index < -0.39 is 0 Å². The number of aromatic nitrogens is 2. The van der Waals surface area contributed by atoms with E-state index in [4.69, 9.17) is 0 Å². The molecule has 1 saturated heterocycles. The van der Waals surface area contributed by atoms with Crippen molar-refractivity contribution in [1.82, 2.24) is 14.9 Å². The minimum Gasteiger partial charge on any atom is -0.310 e. The zero-order chi connectivity index (χ0) is 13.9. The molecule has 0 unspecified atom stereocenters. The van der Waals surface area contributed by atoms with Gasteiger partial charge >= 0.3 is 6.03 Å². The first-order chi connectivity index (χ1) is 9.75. The maximum absolute atomic E-state index is 12.3. The smallest absolute Gasteiger partial charge is 0.310 e. The highest BCUT2D eigenvalue weighted by Crippen LogP contribution is 2.19. The Balaban J connectivity index is 1.81. The molecule has 0 bridgehead atoms. The van der Waals surface area contributed by atoms with Crippen molar-refractivity contribution < 1.29 is 9.59 Å². The van der Waals surface area contributed by atoms with E-state index >= 15 is 0 Å². The Bertz CT molecular complexity index is 630. The summed E-state index contributed by atoms with van der Waals surface area (Å²) in [5.41, 5.74) is 0.984. The number of amides is 3. The Hall–Kier alpha value is -2.76. The first-order valence-corrected chi connectivity index (χ1v) is 6.17. The van der Waals surface area contributed by atoms with Gasteiger partial charge in [0.2, 0.25) is 0 Å². The van der Waals surface area contributed by atoms with Crippen molar-refractivity contribution >= 4 is 17.8 Å². The lowest BCUT2D eigenvalue weighted by Gasteiger charge is -2.16. The van der Waals surface area contributed by atoms with E-state index in [1.165, 1.54) is 17.4 Å². The Morgan fingerprint density at radius 3 is 2.60 bits per heavy atom. The number of rotatable bonds is 3. The Morgan fingerprint density at radius 1 is 1.10 bits per heavy atom. The summed E-state index contributed by atoms with van der Waals surface area (Å²) in [7, 11) is 0. The van der Waals surface area contributed by atoms with Gasteiger partial charge in [0.1, 0.15) is 18.7 Å². The lowest BCUT2D eigenvalue weighted by molar-refractivity contribution is -0.116. The van der Waals surface area contributed by atoms with Gasteiger partial charge in [-0.2, -0.15) is 0 Å². The van der Waals surface area contributed by atoms with E-state index in [1.807, 2.05) is 30.3 Å². The molecule has 1 fully saturated rings. The Morgan fingerprint density at radius 2 is 1.90 bits per heavy atom. The van der Waals surface area contributed by atoms with Gasteiger partial charge in [0.05, 0.1) is 0 Å². The fourth-order valence-electron chi connectivity index (χ4n) is 2.12. The number of benzene rings is 1. The van der Waals surface area contributed by atoms with E-state index in [9.17, 15) is 9.59 Å². The number of imide groups is 1. The van der Waals surface area contributed by atoms with Gasteiger partial charge in [-0.05, 0) is 11.6 Å². The van der Waals surface area contributed by atoms with E-state index in [0.717, 1.165) is 10.5 Å². The van der Waals surface area contributed by atoms with E-state index in [-0.39, 0.29) is 18.5 Å². The monoisotopic (exact) mass is 268 g/mol. The first-order valence-electron chi connectivity index (χ1n) is 6.17. The summed E-state index contributed by atoms with van der Waals surface area (Å²) in [5, 5.41) is 0. The van der Waals surface area contributed by atoms with Crippen molar-refractivity contribution in [2.45, 2.75) is 6.54 Å². The van der Waals surface area contributed by atoms with Crippen molar-refractivity contribution in [3.8, 4) is 0 Å². The van der Waals surface area contributed by atoms with Crippen molar-refractivity contribution in [3.63, 3.8) is 0 Å². The van der Waals surface area contributed by atoms with Gasteiger partial charge in [0.15, 0.2) is 0 Å². The maximum Gasteiger partial charge on any atom is 0.333 e. The van der Waals surface area contributed by atoms with Gasteiger partial charge in [0.25, 0.3) is 5.91 Å². The van der Waals surface area contributed by atoms with Crippen LogP contribution in [0.4, 0.5) is 10.6 Å². The molecule has 6 heteroatoms. The normalized spacial score (nSPS) is 15.0. The molecule has 1 aliphatic heterocycles. The molecule has 100 valence electrons. The summed E-state index contributed by atoms with van der Waals surface area (Å²) in [6.45, 7) is 0.477. The predicted octanol–water partition coefficient (Wildman–Crippen LogP) is 1.45. The summed E-state index contributed by atoms with van der Waals surface area (Å²) >= 11 is 0. The molecule has 1 aliphatic rings. The van der Waals surface area contributed by atoms with Gasteiger partial charge in [-0.1, -0.05) is 30.3 Å². The molecule has 0 N–H and O–H groups in total. The maximum atomic E-state index is 12.3. The molecule has 2 aromatic rings. The fraction of sp³-hybridized carbons (Fsp3) is 0.143. The number of carbonyl (C=O) groups excluding carboxylic acids is 2. The average molecular weight is 268 g/mol. The first kappa shape index (κ1) is 12.3. The number of hydrogen-bond donors (Lipinski definition) is 0. The van der Waals surface area contributed by atoms with Crippen LogP contribution in [0.3, 0.4) is 0 Å². The number of hydrogen-bond acceptors (Lipinski definition) is 4. The van der Waals surface area contributed by atoms with Gasteiger partial charge in [0, 0.05) is 12.7 Å².